The van der Waals surface area contributed by atoms with Crippen LogP contribution in [0.3, 0.4) is 0 Å². The first kappa shape index (κ1) is 26.1. The SMILES string of the molecule is CC1=C(C(=O)NC(C)c2ccc(OC3CCN(c4ccc(OCC5CC5)cc4)C3)cc2)C=CCC(C)C=N1. The highest BCUT2D eigenvalue weighted by atomic mass is 16.5. The van der Waals surface area contributed by atoms with E-state index in [-0.39, 0.29) is 18.1 Å². The van der Waals surface area contributed by atoms with E-state index >= 15 is 0 Å². The van der Waals surface area contributed by atoms with Gasteiger partial charge in [-0.25, -0.2) is 0 Å². The van der Waals surface area contributed by atoms with Gasteiger partial charge in [0.1, 0.15) is 17.6 Å². The van der Waals surface area contributed by atoms with Crippen molar-refractivity contribution < 1.29 is 14.3 Å². The Morgan fingerprint density at radius 2 is 1.82 bits per heavy atom. The summed E-state index contributed by atoms with van der Waals surface area (Å²) in [6.07, 6.45) is 10.5. The van der Waals surface area contributed by atoms with Crippen molar-refractivity contribution in [1.82, 2.24) is 5.32 Å². The number of nitrogens with zero attached hydrogens (tertiary/aromatic N) is 2. The third kappa shape index (κ3) is 6.85. The number of hydrogen-bond acceptors (Lipinski definition) is 5. The molecule has 200 valence electrons. The topological polar surface area (TPSA) is 63.2 Å². The second kappa shape index (κ2) is 11.9. The Hall–Kier alpha value is -3.54. The van der Waals surface area contributed by atoms with Gasteiger partial charge in [0.2, 0.25) is 0 Å². The molecule has 1 saturated carbocycles. The second-order valence-electron chi connectivity index (χ2n) is 10.9. The monoisotopic (exact) mass is 513 g/mol. The fourth-order valence-corrected chi connectivity index (χ4v) is 4.83. The summed E-state index contributed by atoms with van der Waals surface area (Å²) in [6, 6.07) is 16.4. The van der Waals surface area contributed by atoms with Crippen LogP contribution in [0.15, 0.2) is 76.9 Å². The number of aliphatic imine (C=N–C) groups is 1. The van der Waals surface area contributed by atoms with Crippen LogP contribution in [0.25, 0.3) is 0 Å². The summed E-state index contributed by atoms with van der Waals surface area (Å²) >= 11 is 0. The lowest BCUT2D eigenvalue weighted by atomic mass is 10.0. The van der Waals surface area contributed by atoms with Gasteiger partial charge in [-0.3, -0.25) is 9.79 Å². The van der Waals surface area contributed by atoms with Gasteiger partial charge in [0.25, 0.3) is 5.91 Å². The zero-order valence-corrected chi connectivity index (χ0v) is 22.7. The molecule has 2 aromatic carbocycles. The Morgan fingerprint density at radius 1 is 1.08 bits per heavy atom. The van der Waals surface area contributed by atoms with Gasteiger partial charge >= 0.3 is 0 Å². The summed E-state index contributed by atoms with van der Waals surface area (Å²) in [5.74, 6) is 2.84. The Bertz CT molecular complexity index is 1200. The van der Waals surface area contributed by atoms with Gasteiger partial charge in [-0.1, -0.05) is 31.2 Å². The third-order valence-corrected chi connectivity index (χ3v) is 7.51. The standard InChI is InChI=1S/C32H39N3O3/c1-22-5-4-6-31(24(3)33-19-22)32(36)34-23(2)26-9-13-29(14-10-26)38-30-17-18-35(20-30)27-11-15-28(16-12-27)37-21-25-7-8-25/h4,6,9-16,19,22-23,25,30H,5,7-8,17-18,20-21H2,1-3H3,(H,34,36). The third-order valence-electron chi connectivity index (χ3n) is 7.51. The van der Waals surface area contributed by atoms with Gasteiger partial charge in [-0.15, -0.1) is 0 Å². The average molecular weight is 514 g/mol. The number of hydrogen-bond donors (Lipinski definition) is 1. The van der Waals surface area contributed by atoms with Crippen molar-refractivity contribution in [3.05, 3.63) is 77.5 Å². The van der Waals surface area contributed by atoms with E-state index in [1.807, 2.05) is 50.4 Å². The maximum absolute atomic E-state index is 12.9. The minimum atomic E-state index is -0.128. The van der Waals surface area contributed by atoms with Gasteiger partial charge in [0.15, 0.2) is 0 Å². The lowest BCUT2D eigenvalue weighted by molar-refractivity contribution is -0.117. The van der Waals surface area contributed by atoms with E-state index in [1.165, 1.54) is 18.5 Å². The summed E-state index contributed by atoms with van der Waals surface area (Å²) in [5, 5.41) is 3.11. The summed E-state index contributed by atoms with van der Waals surface area (Å²) in [6.45, 7) is 8.68. The number of amides is 1. The number of allylic oxidation sites excluding steroid dienone is 2. The Kier molecular flexibility index (Phi) is 8.16. The predicted molar refractivity (Wildman–Crippen MR) is 153 cm³/mol. The van der Waals surface area contributed by atoms with Crippen molar-refractivity contribution >= 4 is 17.8 Å². The molecule has 38 heavy (non-hydrogen) atoms. The molecule has 2 heterocycles. The summed E-state index contributed by atoms with van der Waals surface area (Å²) < 4.78 is 12.2. The molecule has 0 spiro atoms. The first-order valence-corrected chi connectivity index (χ1v) is 13.9. The van der Waals surface area contributed by atoms with Gasteiger partial charge in [0, 0.05) is 30.6 Å². The van der Waals surface area contributed by atoms with Gasteiger partial charge in [0.05, 0.1) is 24.8 Å². The molecule has 0 bridgehead atoms. The maximum atomic E-state index is 12.9. The molecule has 3 atom stereocenters. The van der Waals surface area contributed by atoms with Crippen LogP contribution >= 0.6 is 0 Å². The first-order chi connectivity index (χ1) is 18.4. The Labute approximate surface area is 226 Å². The molecule has 0 radical (unpaired) electrons. The second-order valence-corrected chi connectivity index (χ2v) is 10.9. The van der Waals surface area contributed by atoms with E-state index < -0.39 is 0 Å². The molecule has 2 aliphatic heterocycles. The van der Waals surface area contributed by atoms with E-state index in [2.05, 4.69) is 52.5 Å². The maximum Gasteiger partial charge on any atom is 0.253 e. The molecule has 1 aliphatic carbocycles. The predicted octanol–water partition coefficient (Wildman–Crippen LogP) is 6.25. The van der Waals surface area contributed by atoms with E-state index in [4.69, 9.17) is 9.47 Å². The molecule has 1 N–H and O–H groups in total. The summed E-state index contributed by atoms with van der Waals surface area (Å²) in [4.78, 5) is 19.8. The number of carbonyl (C=O) groups is 1. The number of benzene rings is 2. The van der Waals surface area contributed by atoms with E-state index in [1.54, 1.807) is 0 Å². The first-order valence-electron chi connectivity index (χ1n) is 13.9. The zero-order valence-electron chi connectivity index (χ0n) is 22.7. The molecule has 2 aromatic rings. The molecule has 0 aromatic heterocycles. The minimum absolute atomic E-state index is 0.105. The smallest absolute Gasteiger partial charge is 0.253 e. The van der Waals surface area contributed by atoms with Crippen molar-refractivity contribution in [2.75, 3.05) is 24.6 Å². The van der Waals surface area contributed by atoms with Gasteiger partial charge in [-0.2, -0.15) is 0 Å². The normalized spacial score (nSPS) is 22.1. The van der Waals surface area contributed by atoms with Gasteiger partial charge < -0.3 is 19.7 Å². The van der Waals surface area contributed by atoms with Crippen molar-refractivity contribution in [2.45, 2.75) is 58.6 Å². The van der Waals surface area contributed by atoms with E-state index in [0.717, 1.165) is 61.2 Å². The molecule has 2 fully saturated rings. The van der Waals surface area contributed by atoms with Crippen LogP contribution in [0.5, 0.6) is 11.5 Å². The number of carbonyl (C=O) groups excluding carboxylic acids is 1. The fourth-order valence-electron chi connectivity index (χ4n) is 4.83. The molecule has 6 heteroatoms. The number of rotatable bonds is 9. The molecular weight excluding hydrogens is 474 g/mol. The minimum Gasteiger partial charge on any atom is -0.493 e. The molecule has 6 nitrogen and oxygen atoms in total. The van der Waals surface area contributed by atoms with Crippen LogP contribution in [0, 0.1) is 11.8 Å². The van der Waals surface area contributed by atoms with E-state index in [0.29, 0.717) is 11.5 Å². The molecule has 1 amide bonds. The van der Waals surface area contributed by atoms with Crippen LogP contribution < -0.4 is 19.7 Å². The van der Waals surface area contributed by atoms with Gasteiger partial charge in [-0.05, 0) is 86.9 Å². The van der Waals surface area contributed by atoms with Crippen LogP contribution in [-0.4, -0.2) is 37.9 Å². The molecule has 5 rings (SSSR count). The Balaban J connectivity index is 1.12. The number of ether oxygens (including phenoxy) is 2. The average Bonchev–Trinajstić information content (AvgIpc) is 3.64. The van der Waals surface area contributed by atoms with Crippen molar-refractivity contribution in [1.29, 1.82) is 0 Å². The van der Waals surface area contributed by atoms with Crippen molar-refractivity contribution in [3.63, 3.8) is 0 Å². The lowest BCUT2D eigenvalue weighted by Crippen LogP contribution is -2.28. The number of anilines is 1. The van der Waals surface area contributed by atoms with Crippen molar-refractivity contribution in [3.8, 4) is 11.5 Å². The van der Waals surface area contributed by atoms with Crippen LogP contribution in [0.4, 0.5) is 5.69 Å². The quantitative estimate of drug-likeness (QED) is 0.430. The van der Waals surface area contributed by atoms with Crippen LogP contribution in [0.1, 0.15) is 58.1 Å². The largest absolute Gasteiger partial charge is 0.493 e. The zero-order chi connectivity index (χ0) is 26.5. The number of nitrogens with one attached hydrogen (secondary N) is 1. The highest BCUT2D eigenvalue weighted by Gasteiger charge is 2.25. The Morgan fingerprint density at radius 3 is 2.55 bits per heavy atom. The summed E-state index contributed by atoms with van der Waals surface area (Å²) in [5.41, 5.74) is 3.60. The summed E-state index contributed by atoms with van der Waals surface area (Å²) in [7, 11) is 0. The lowest BCUT2D eigenvalue weighted by Gasteiger charge is -2.20. The fraction of sp³-hybridized carbons (Fsp3) is 0.438. The van der Waals surface area contributed by atoms with Crippen LogP contribution in [0.2, 0.25) is 0 Å². The van der Waals surface area contributed by atoms with Crippen LogP contribution in [-0.2, 0) is 4.79 Å². The highest BCUT2D eigenvalue weighted by Crippen LogP contribution is 2.31. The highest BCUT2D eigenvalue weighted by molar-refractivity contribution is 5.97. The van der Waals surface area contributed by atoms with Crippen molar-refractivity contribution in [2.24, 2.45) is 16.8 Å². The molecular formula is C32H39N3O3. The molecule has 3 unspecified atom stereocenters. The molecule has 1 saturated heterocycles. The molecule has 3 aliphatic rings. The van der Waals surface area contributed by atoms with E-state index in [9.17, 15) is 4.79 Å².